The number of methoxy groups -OCH3 is 2. The van der Waals surface area contributed by atoms with Crippen LogP contribution in [0.4, 0.5) is 0 Å². The van der Waals surface area contributed by atoms with Crippen molar-refractivity contribution in [3.8, 4) is 28.4 Å². The highest BCUT2D eigenvalue weighted by Crippen LogP contribution is 2.35. The molecule has 2 aromatic carbocycles. The lowest BCUT2D eigenvalue weighted by molar-refractivity contribution is -0.145. The minimum absolute atomic E-state index is 0.524. The third kappa shape index (κ3) is 3.15. The van der Waals surface area contributed by atoms with Crippen molar-refractivity contribution in [3.05, 3.63) is 42.0 Å². The number of hydrogen-bond donors (Lipinski definition) is 1. The Kier molecular flexibility index (Phi) is 4.60. The van der Waals surface area contributed by atoms with Gasteiger partial charge in [-0.2, -0.15) is 0 Å². The van der Waals surface area contributed by atoms with Crippen LogP contribution in [0, 0.1) is 0 Å². The van der Waals surface area contributed by atoms with E-state index in [0.29, 0.717) is 23.7 Å². The Morgan fingerprint density at radius 2 is 1.79 bits per heavy atom. The van der Waals surface area contributed by atoms with Gasteiger partial charge < -0.3 is 19.3 Å². The fourth-order valence-corrected chi connectivity index (χ4v) is 2.95. The van der Waals surface area contributed by atoms with E-state index >= 15 is 0 Å². The summed E-state index contributed by atoms with van der Waals surface area (Å²) in [5.74, 6) is 1.10. The number of carbonyl (C=O) groups is 1. The Labute approximate surface area is 140 Å². The molecule has 0 saturated carbocycles. The van der Waals surface area contributed by atoms with E-state index in [1.54, 1.807) is 14.2 Å². The summed E-state index contributed by atoms with van der Waals surface area (Å²) in [6, 6.07) is 11.6. The van der Waals surface area contributed by atoms with Crippen molar-refractivity contribution >= 4 is 5.97 Å². The third-order valence-corrected chi connectivity index (χ3v) is 4.23. The van der Waals surface area contributed by atoms with Gasteiger partial charge in [0, 0.05) is 0 Å². The molecule has 0 saturated heterocycles. The molecule has 0 bridgehead atoms. The number of benzene rings is 2. The molecule has 1 heterocycles. The topological polar surface area (TPSA) is 65.0 Å². The van der Waals surface area contributed by atoms with Gasteiger partial charge in [-0.3, -0.25) is 0 Å². The molecule has 5 nitrogen and oxygen atoms in total. The predicted octanol–water partition coefficient (Wildman–Crippen LogP) is 3.54. The number of carboxylic acids is 1. The fraction of sp³-hybridized carbons (Fsp3) is 0.316. The third-order valence-electron chi connectivity index (χ3n) is 4.23. The summed E-state index contributed by atoms with van der Waals surface area (Å²) in [6.07, 6.45) is 1.35. The summed E-state index contributed by atoms with van der Waals surface area (Å²) in [7, 11) is 3.22. The molecule has 1 N–H and O–H groups in total. The van der Waals surface area contributed by atoms with Crippen molar-refractivity contribution < 1.29 is 24.1 Å². The molecule has 0 amide bonds. The van der Waals surface area contributed by atoms with Crippen molar-refractivity contribution in [2.24, 2.45) is 0 Å². The van der Waals surface area contributed by atoms with Crippen molar-refractivity contribution in [2.75, 3.05) is 14.2 Å². The minimum Gasteiger partial charge on any atom is -0.493 e. The van der Waals surface area contributed by atoms with Crippen LogP contribution in [0.1, 0.15) is 18.4 Å². The predicted molar refractivity (Wildman–Crippen MR) is 90.0 cm³/mol. The summed E-state index contributed by atoms with van der Waals surface area (Å²) in [5.41, 5.74) is 3.08. The Morgan fingerprint density at radius 1 is 1.08 bits per heavy atom. The average molecular weight is 328 g/mol. The lowest BCUT2D eigenvalue weighted by Crippen LogP contribution is -2.25. The van der Waals surface area contributed by atoms with E-state index in [1.807, 2.05) is 30.3 Å². The first kappa shape index (κ1) is 16.2. The van der Waals surface area contributed by atoms with Gasteiger partial charge >= 0.3 is 5.97 Å². The van der Waals surface area contributed by atoms with Crippen molar-refractivity contribution in [1.82, 2.24) is 0 Å². The SMILES string of the molecule is COc1ccc(-c2ccc3c(c2)CCCC(C(=O)O)O3)cc1OC. The Bertz CT molecular complexity index is 753. The maximum atomic E-state index is 11.2. The molecule has 1 unspecified atom stereocenters. The Balaban J connectivity index is 1.94. The van der Waals surface area contributed by atoms with E-state index in [4.69, 9.17) is 14.2 Å². The molecule has 0 aromatic heterocycles. The lowest BCUT2D eigenvalue weighted by atomic mass is 9.99. The van der Waals surface area contributed by atoms with Gasteiger partial charge in [-0.05, 0) is 60.2 Å². The smallest absolute Gasteiger partial charge is 0.344 e. The normalized spacial score (nSPS) is 16.5. The highest BCUT2D eigenvalue weighted by atomic mass is 16.5. The van der Waals surface area contributed by atoms with Gasteiger partial charge in [0.1, 0.15) is 5.75 Å². The van der Waals surface area contributed by atoms with E-state index in [0.717, 1.165) is 29.5 Å². The first-order chi connectivity index (χ1) is 11.6. The van der Waals surface area contributed by atoms with E-state index in [1.165, 1.54) is 0 Å². The van der Waals surface area contributed by atoms with Crippen LogP contribution in [0.3, 0.4) is 0 Å². The Morgan fingerprint density at radius 3 is 2.50 bits per heavy atom. The molecule has 0 radical (unpaired) electrons. The summed E-state index contributed by atoms with van der Waals surface area (Å²) in [5, 5.41) is 9.18. The van der Waals surface area contributed by atoms with Crippen LogP contribution < -0.4 is 14.2 Å². The van der Waals surface area contributed by atoms with Crippen LogP contribution in [-0.2, 0) is 11.2 Å². The monoisotopic (exact) mass is 328 g/mol. The number of aliphatic carboxylic acids is 1. The number of aryl methyl sites for hydroxylation is 1. The maximum Gasteiger partial charge on any atom is 0.344 e. The molecule has 0 spiro atoms. The second kappa shape index (κ2) is 6.83. The first-order valence-electron chi connectivity index (χ1n) is 7.87. The molecule has 1 aliphatic rings. The van der Waals surface area contributed by atoms with E-state index < -0.39 is 12.1 Å². The quantitative estimate of drug-likeness (QED) is 0.930. The van der Waals surface area contributed by atoms with Crippen LogP contribution >= 0.6 is 0 Å². The molecular formula is C19H20O5. The lowest BCUT2D eigenvalue weighted by Gasteiger charge is -2.14. The molecule has 1 atom stereocenters. The summed E-state index contributed by atoms with van der Waals surface area (Å²) >= 11 is 0. The van der Waals surface area contributed by atoms with E-state index in [9.17, 15) is 9.90 Å². The Hall–Kier alpha value is -2.69. The van der Waals surface area contributed by atoms with Crippen LogP contribution in [0.25, 0.3) is 11.1 Å². The largest absolute Gasteiger partial charge is 0.493 e. The zero-order valence-corrected chi connectivity index (χ0v) is 13.7. The molecule has 24 heavy (non-hydrogen) atoms. The van der Waals surface area contributed by atoms with Crippen LogP contribution in [-0.4, -0.2) is 31.4 Å². The highest BCUT2D eigenvalue weighted by Gasteiger charge is 2.23. The van der Waals surface area contributed by atoms with E-state index in [-0.39, 0.29) is 0 Å². The van der Waals surface area contributed by atoms with Gasteiger partial charge in [-0.25, -0.2) is 4.79 Å². The second-order valence-electron chi connectivity index (χ2n) is 5.73. The number of hydrogen-bond acceptors (Lipinski definition) is 4. The van der Waals surface area contributed by atoms with Crippen LogP contribution in [0.2, 0.25) is 0 Å². The number of fused-ring (bicyclic) bond motifs is 1. The van der Waals surface area contributed by atoms with E-state index in [2.05, 4.69) is 6.07 Å². The summed E-state index contributed by atoms with van der Waals surface area (Å²) < 4.78 is 16.3. The molecule has 2 aromatic rings. The zero-order valence-electron chi connectivity index (χ0n) is 13.7. The zero-order chi connectivity index (χ0) is 17.1. The average Bonchev–Trinajstić information content (AvgIpc) is 2.82. The maximum absolute atomic E-state index is 11.2. The molecule has 5 heteroatoms. The minimum atomic E-state index is -0.910. The van der Waals surface area contributed by atoms with Gasteiger partial charge in [-0.1, -0.05) is 12.1 Å². The molecular weight excluding hydrogens is 308 g/mol. The first-order valence-corrected chi connectivity index (χ1v) is 7.87. The van der Waals surface area contributed by atoms with Crippen molar-refractivity contribution in [3.63, 3.8) is 0 Å². The second-order valence-corrected chi connectivity index (χ2v) is 5.73. The number of ether oxygens (including phenoxy) is 3. The standard InChI is InChI=1S/C19H20O5/c1-22-16-9-7-13(11-18(16)23-2)12-6-8-15-14(10-12)4-3-5-17(24-15)19(20)21/h6-11,17H,3-5H2,1-2H3,(H,20,21). The van der Waals surface area contributed by atoms with Gasteiger partial charge in [0.05, 0.1) is 14.2 Å². The van der Waals surface area contributed by atoms with Gasteiger partial charge in [0.15, 0.2) is 17.6 Å². The van der Waals surface area contributed by atoms with Crippen molar-refractivity contribution in [2.45, 2.75) is 25.4 Å². The van der Waals surface area contributed by atoms with Gasteiger partial charge in [0.25, 0.3) is 0 Å². The fourth-order valence-electron chi connectivity index (χ4n) is 2.95. The molecule has 0 fully saturated rings. The highest BCUT2D eigenvalue weighted by molar-refractivity contribution is 5.73. The molecule has 1 aliphatic heterocycles. The van der Waals surface area contributed by atoms with Crippen molar-refractivity contribution in [1.29, 1.82) is 0 Å². The molecule has 0 aliphatic carbocycles. The number of rotatable bonds is 4. The van der Waals surface area contributed by atoms with Gasteiger partial charge in [0.2, 0.25) is 0 Å². The van der Waals surface area contributed by atoms with Crippen LogP contribution in [0.15, 0.2) is 36.4 Å². The van der Waals surface area contributed by atoms with Crippen LogP contribution in [0.5, 0.6) is 17.2 Å². The summed E-state index contributed by atoms with van der Waals surface area (Å²) in [4.78, 5) is 11.2. The molecule has 3 rings (SSSR count). The summed E-state index contributed by atoms with van der Waals surface area (Å²) in [6.45, 7) is 0. The molecule has 126 valence electrons. The number of carboxylic acid groups (broad SMARTS) is 1. The van der Waals surface area contributed by atoms with Gasteiger partial charge in [-0.15, -0.1) is 0 Å².